The van der Waals surface area contributed by atoms with E-state index in [0.717, 1.165) is 17.8 Å². The number of benzene rings is 2. The Kier molecular flexibility index (Phi) is 15.5. The van der Waals surface area contributed by atoms with E-state index in [1.807, 2.05) is 42.5 Å². The van der Waals surface area contributed by atoms with Gasteiger partial charge in [-0.05, 0) is 18.6 Å². The molecular formula is C22H29BaClN2. The number of anilines is 1. The van der Waals surface area contributed by atoms with E-state index in [-0.39, 0.29) is 67.3 Å². The van der Waals surface area contributed by atoms with Gasteiger partial charge in [-0.15, -0.1) is 12.3 Å². The Hall–Kier alpha value is -0.359. The molecule has 0 bridgehead atoms. The van der Waals surface area contributed by atoms with Crippen LogP contribution in [0, 0.1) is 0 Å². The first kappa shape index (κ1) is 25.6. The van der Waals surface area contributed by atoms with Crippen molar-refractivity contribution in [1.29, 1.82) is 0 Å². The van der Waals surface area contributed by atoms with E-state index in [4.69, 9.17) is 5.43 Å². The fourth-order valence-corrected chi connectivity index (χ4v) is 2.82. The molecule has 136 valence electrons. The number of halogens is 1. The predicted molar refractivity (Wildman–Crippen MR) is 111 cm³/mol. The van der Waals surface area contributed by atoms with Crippen molar-refractivity contribution in [3.8, 4) is 0 Å². The molecule has 0 aliphatic carbocycles. The fraction of sp³-hybridized carbons (Fsp3) is 0.364. The second-order valence-corrected chi connectivity index (χ2v) is 6.12. The van der Waals surface area contributed by atoms with Crippen molar-refractivity contribution in [2.24, 2.45) is 0 Å². The van der Waals surface area contributed by atoms with E-state index in [0.29, 0.717) is 0 Å². The summed E-state index contributed by atoms with van der Waals surface area (Å²) in [5.74, 6) is 0. The maximum Gasteiger partial charge on any atom is 2.00 e. The van der Waals surface area contributed by atoms with Crippen LogP contribution in [0.25, 0.3) is 5.43 Å². The minimum absolute atomic E-state index is 0. The minimum Gasteiger partial charge on any atom is -1.00 e. The number of rotatable bonds is 11. The Morgan fingerprint density at radius 3 is 2.08 bits per heavy atom. The maximum atomic E-state index is 4.88. The molecule has 0 N–H and O–H groups in total. The SMILES string of the molecule is C=CC(CCCCCCC)N([N-]c1ccccc1)c1ccccc1.[Ba+2].[Cl-]. The van der Waals surface area contributed by atoms with Gasteiger partial charge in [0.05, 0.1) is 0 Å². The van der Waals surface area contributed by atoms with Crippen LogP contribution in [0.5, 0.6) is 0 Å². The number of hydrogen-bond donors (Lipinski definition) is 0. The largest absolute Gasteiger partial charge is 2.00 e. The number of hydrogen-bond acceptors (Lipinski definition) is 1. The molecule has 0 saturated carbocycles. The molecule has 0 fully saturated rings. The van der Waals surface area contributed by atoms with Crippen molar-refractivity contribution in [1.82, 2.24) is 0 Å². The standard InChI is InChI=1S/C22H29N2.Ba.ClH/c1-3-5-6-7-12-17-21(4-2)24(22-18-13-9-14-19-22)23-20-15-10-8-11-16-20;;/h4,8-11,13-16,18-19,21H,2-3,5-7,12,17H2,1H3;;1H/q-1;+2;/p-1. The van der Waals surface area contributed by atoms with Gasteiger partial charge < -0.3 is 22.8 Å². The summed E-state index contributed by atoms with van der Waals surface area (Å²) in [5.41, 5.74) is 6.96. The summed E-state index contributed by atoms with van der Waals surface area (Å²) in [5, 5.41) is 2.11. The van der Waals surface area contributed by atoms with Crippen LogP contribution >= 0.6 is 0 Å². The van der Waals surface area contributed by atoms with Gasteiger partial charge in [-0.1, -0.05) is 93.6 Å². The quantitative estimate of drug-likeness (QED) is 0.202. The summed E-state index contributed by atoms with van der Waals surface area (Å²) in [6, 6.07) is 20.7. The van der Waals surface area contributed by atoms with E-state index in [9.17, 15) is 0 Å². The summed E-state index contributed by atoms with van der Waals surface area (Å²) < 4.78 is 0. The molecule has 2 nitrogen and oxygen atoms in total. The van der Waals surface area contributed by atoms with Crippen LogP contribution in [-0.4, -0.2) is 54.9 Å². The van der Waals surface area contributed by atoms with Gasteiger partial charge >= 0.3 is 48.9 Å². The van der Waals surface area contributed by atoms with E-state index in [1.54, 1.807) is 0 Å². The van der Waals surface area contributed by atoms with Crippen LogP contribution in [0.15, 0.2) is 73.3 Å². The van der Waals surface area contributed by atoms with Crippen LogP contribution < -0.4 is 17.4 Å². The first-order valence-electron chi connectivity index (χ1n) is 9.08. The Morgan fingerprint density at radius 1 is 0.923 bits per heavy atom. The molecule has 26 heavy (non-hydrogen) atoms. The molecule has 0 radical (unpaired) electrons. The predicted octanol–water partition coefficient (Wildman–Crippen LogP) is 3.65. The monoisotopic (exact) mass is 494 g/mol. The smallest absolute Gasteiger partial charge is 1.00 e. The molecule has 2 aromatic carbocycles. The first-order chi connectivity index (χ1) is 11.8. The van der Waals surface area contributed by atoms with Crippen molar-refractivity contribution in [3.05, 3.63) is 78.7 Å². The zero-order chi connectivity index (χ0) is 17.0. The normalized spacial score (nSPS) is 10.8. The summed E-state index contributed by atoms with van der Waals surface area (Å²) in [6.45, 7) is 6.31. The van der Waals surface area contributed by atoms with Crippen LogP contribution in [0.4, 0.5) is 11.4 Å². The number of unbranched alkanes of at least 4 members (excludes halogenated alkanes) is 4. The molecule has 0 spiro atoms. The van der Waals surface area contributed by atoms with Gasteiger partial charge in [0.2, 0.25) is 0 Å². The minimum atomic E-state index is 0. The zero-order valence-electron chi connectivity index (χ0n) is 15.9. The molecule has 2 rings (SSSR count). The van der Waals surface area contributed by atoms with E-state index in [1.165, 1.54) is 32.1 Å². The zero-order valence-corrected chi connectivity index (χ0v) is 21.1. The molecule has 0 aliphatic rings. The molecule has 1 unspecified atom stereocenters. The maximum absolute atomic E-state index is 4.88. The van der Waals surface area contributed by atoms with Gasteiger partial charge in [-0.2, -0.15) is 0 Å². The van der Waals surface area contributed by atoms with E-state index >= 15 is 0 Å². The van der Waals surface area contributed by atoms with Gasteiger partial charge in [0, 0.05) is 11.7 Å². The third kappa shape index (κ3) is 9.03. The molecule has 0 heterocycles. The van der Waals surface area contributed by atoms with Crippen LogP contribution in [0.3, 0.4) is 0 Å². The van der Waals surface area contributed by atoms with Gasteiger partial charge in [0.25, 0.3) is 0 Å². The summed E-state index contributed by atoms with van der Waals surface area (Å²) in [6.07, 6.45) is 9.54. The van der Waals surface area contributed by atoms with Crippen LogP contribution in [0.1, 0.15) is 45.4 Å². The van der Waals surface area contributed by atoms with Crippen molar-refractivity contribution in [2.45, 2.75) is 51.5 Å². The summed E-state index contributed by atoms with van der Waals surface area (Å²) in [7, 11) is 0. The van der Waals surface area contributed by atoms with Crippen LogP contribution in [0.2, 0.25) is 0 Å². The molecule has 1 atom stereocenters. The van der Waals surface area contributed by atoms with Gasteiger partial charge in [-0.25, -0.2) is 0 Å². The van der Waals surface area contributed by atoms with Crippen molar-refractivity contribution >= 4 is 60.3 Å². The van der Waals surface area contributed by atoms with Gasteiger partial charge in [0.1, 0.15) is 0 Å². The molecule has 2 aromatic rings. The molecule has 0 saturated heterocycles. The summed E-state index contributed by atoms with van der Waals surface area (Å²) >= 11 is 0. The van der Waals surface area contributed by atoms with E-state index < -0.39 is 0 Å². The average Bonchev–Trinajstić information content (AvgIpc) is 2.65. The third-order valence-corrected chi connectivity index (χ3v) is 4.19. The Bertz CT molecular complexity index is 577. The Labute approximate surface area is 205 Å². The van der Waals surface area contributed by atoms with Crippen molar-refractivity contribution in [3.63, 3.8) is 0 Å². The molecule has 0 aromatic heterocycles. The van der Waals surface area contributed by atoms with Crippen LogP contribution in [-0.2, 0) is 0 Å². The Morgan fingerprint density at radius 2 is 1.50 bits per heavy atom. The van der Waals surface area contributed by atoms with Crippen molar-refractivity contribution in [2.75, 3.05) is 5.01 Å². The fourth-order valence-electron chi connectivity index (χ4n) is 2.82. The Balaban J connectivity index is 0.00000312. The van der Waals surface area contributed by atoms with Gasteiger partial charge in [0.15, 0.2) is 0 Å². The molecule has 0 amide bonds. The number of nitrogens with zero attached hydrogens (tertiary/aromatic N) is 2. The molecule has 4 heteroatoms. The van der Waals surface area contributed by atoms with Crippen molar-refractivity contribution < 1.29 is 12.4 Å². The summed E-state index contributed by atoms with van der Waals surface area (Å²) in [4.78, 5) is 0. The molecular weight excluding hydrogens is 465 g/mol. The average molecular weight is 494 g/mol. The number of para-hydroxylation sites is 1. The van der Waals surface area contributed by atoms with E-state index in [2.05, 4.69) is 42.8 Å². The molecule has 0 aliphatic heterocycles. The first-order valence-corrected chi connectivity index (χ1v) is 9.08. The van der Waals surface area contributed by atoms with Gasteiger partial charge in [-0.3, -0.25) is 0 Å². The topological polar surface area (TPSA) is 17.3 Å². The second-order valence-electron chi connectivity index (χ2n) is 6.12. The second kappa shape index (κ2) is 15.7. The third-order valence-electron chi connectivity index (χ3n) is 4.19.